The number of aromatic nitrogens is 1. The molecule has 0 radical (unpaired) electrons. The number of carbonyl (C=O) groups is 2. The standard InChI is InChI=1S/C26H34N4O4S.C2HF3O2/c1-5-35(32,33)30-10-8-17(9-11-30)23-15-28-25-21(23)13-19(14-22(25)26(27)31)18-6-7-24(34-4)20(12-18)16-29(2)3;3-2(4,5)1(6)7/h6-7,12-15,17,28H,5,8-11,16H2,1-4H3,(H2,27,31);(H,6,7). The zero-order valence-electron chi connectivity index (χ0n) is 23.8. The summed E-state index contributed by atoms with van der Waals surface area (Å²) in [5.41, 5.74) is 11.0. The van der Waals surface area contributed by atoms with Gasteiger partial charge in [0.25, 0.3) is 5.91 Å². The van der Waals surface area contributed by atoms with Gasteiger partial charge in [-0.15, -0.1) is 0 Å². The lowest BCUT2D eigenvalue weighted by molar-refractivity contribution is -0.192. The fourth-order valence-electron chi connectivity index (χ4n) is 5.00. The highest BCUT2D eigenvalue weighted by atomic mass is 32.2. The third-order valence-corrected chi connectivity index (χ3v) is 8.96. The molecule has 10 nitrogen and oxygen atoms in total. The van der Waals surface area contributed by atoms with Crippen molar-refractivity contribution in [1.29, 1.82) is 0 Å². The minimum absolute atomic E-state index is 0.119. The molecule has 0 aliphatic carbocycles. The van der Waals surface area contributed by atoms with Gasteiger partial charge in [-0.3, -0.25) is 4.79 Å². The Labute approximate surface area is 242 Å². The number of sulfonamides is 1. The van der Waals surface area contributed by atoms with Gasteiger partial charge < -0.3 is 25.5 Å². The number of halogens is 3. The quantitative estimate of drug-likeness (QED) is 0.346. The van der Waals surface area contributed by atoms with E-state index in [1.807, 2.05) is 38.5 Å². The molecule has 0 unspecified atom stereocenters. The van der Waals surface area contributed by atoms with E-state index < -0.39 is 28.1 Å². The molecule has 230 valence electrons. The van der Waals surface area contributed by atoms with E-state index >= 15 is 0 Å². The Bertz CT molecular complexity index is 1540. The van der Waals surface area contributed by atoms with Crippen LogP contribution in [0, 0.1) is 0 Å². The number of hydrogen-bond donors (Lipinski definition) is 3. The maximum atomic E-state index is 12.4. The number of fused-ring (bicyclic) bond motifs is 1. The van der Waals surface area contributed by atoms with Crippen molar-refractivity contribution in [2.45, 2.75) is 38.4 Å². The number of nitrogens with two attached hydrogens (primary N) is 1. The SMILES string of the molecule is CCS(=O)(=O)N1CCC(c2c[nH]c3c(C(N)=O)cc(-c4ccc(OC)c(CN(C)C)c4)cc23)CC1.O=C(O)C(F)(F)F. The number of primary amides is 1. The molecule has 4 N–H and O–H groups in total. The molecule has 2 heterocycles. The lowest BCUT2D eigenvalue weighted by atomic mass is 9.88. The highest BCUT2D eigenvalue weighted by molar-refractivity contribution is 7.89. The number of carboxylic acids is 1. The molecule has 0 saturated carbocycles. The molecule has 1 aromatic heterocycles. The fraction of sp³-hybridized carbons (Fsp3) is 0.429. The Balaban J connectivity index is 0.000000616. The summed E-state index contributed by atoms with van der Waals surface area (Å²) < 4.78 is 63.4. The van der Waals surface area contributed by atoms with E-state index in [9.17, 15) is 26.4 Å². The minimum Gasteiger partial charge on any atom is -0.496 e. The lowest BCUT2D eigenvalue weighted by Gasteiger charge is -2.31. The number of hydrogen-bond acceptors (Lipinski definition) is 6. The molecule has 2 aromatic carbocycles. The molecule has 1 fully saturated rings. The number of rotatable bonds is 8. The highest BCUT2D eigenvalue weighted by Gasteiger charge is 2.38. The van der Waals surface area contributed by atoms with Crippen LogP contribution in [-0.2, 0) is 21.4 Å². The largest absolute Gasteiger partial charge is 0.496 e. The zero-order valence-corrected chi connectivity index (χ0v) is 24.6. The molecule has 0 atom stereocenters. The Morgan fingerprint density at radius 2 is 1.76 bits per heavy atom. The summed E-state index contributed by atoms with van der Waals surface area (Å²) in [6.07, 6.45) is -1.67. The monoisotopic (exact) mass is 612 g/mol. The van der Waals surface area contributed by atoms with Crippen molar-refractivity contribution < 1.29 is 41.0 Å². The Morgan fingerprint density at radius 1 is 1.14 bits per heavy atom. The molecule has 1 saturated heterocycles. The van der Waals surface area contributed by atoms with E-state index in [4.69, 9.17) is 20.4 Å². The van der Waals surface area contributed by atoms with Crippen molar-refractivity contribution >= 4 is 32.8 Å². The number of nitrogens with one attached hydrogen (secondary N) is 1. The number of aromatic amines is 1. The summed E-state index contributed by atoms with van der Waals surface area (Å²) in [7, 11) is 2.49. The molecule has 3 aromatic rings. The van der Waals surface area contributed by atoms with Crippen LogP contribution in [0.3, 0.4) is 0 Å². The van der Waals surface area contributed by atoms with Gasteiger partial charge in [0.15, 0.2) is 0 Å². The summed E-state index contributed by atoms with van der Waals surface area (Å²) in [5.74, 6) is -2.12. The topological polar surface area (TPSA) is 146 Å². The van der Waals surface area contributed by atoms with E-state index in [0.717, 1.165) is 58.3 Å². The van der Waals surface area contributed by atoms with E-state index in [1.165, 1.54) is 0 Å². The van der Waals surface area contributed by atoms with Crippen molar-refractivity contribution in [3.63, 3.8) is 0 Å². The van der Waals surface area contributed by atoms with Crippen molar-refractivity contribution in [2.75, 3.05) is 40.0 Å². The first kappa shape index (κ1) is 32.9. The molecule has 4 rings (SSSR count). The minimum atomic E-state index is -5.08. The van der Waals surface area contributed by atoms with Gasteiger partial charge in [0.2, 0.25) is 10.0 Å². The van der Waals surface area contributed by atoms with Crippen LogP contribution in [0.15, 0.2) is 36.5 Å². The summed E-state index contributed by atoms with van der Waals surface area (Å²) in [6.45, 7) is 3.40. The summed E-state index contributed by atoms with van der Waals surface area (Å²) in [6, 6.07) is 9.96. The van der Waals surface area contributed by atoms with E-state index in [1.54, 1.807) is 18.3 Å². The summed E-state index contributed by atoms with van der Waals surface area (Å²) in [4.78, 5) is 26.6. The molecule has 1 aliphatic rings. The second-order valence-electron chi connectivity index (χ2n) is 10.2. The number of amides is 1. The molecule has 42 heavy (non-hydrogen) atoms. The zero-order chi connectivity index (χ0) is 31.4. The predicted octanol–water partition coefficient (Wildman–Crippen LogP) is 4.17. The molecule has 1 aliphatic heterocycles. The lowest BCUT2D eigenvalue weighted by Crippen LogP contribution is -2.38. The third kappa shape index (κ3) is 7.61. The van der Waals surface area contributed by atoms with Crippen molar-refractivity contribution in [1.82, 2.24) is 14.2 Å². The van der Waals surface area contributed by atoms with Crippen LogP contribution in [0.2, 0.25) is 0 Å². The number of methoxy groups -OCH3 is 1. The average molecular weight is 613 g/mol. The van der Waals surface area contributed by atoms with Gasteiger partial charge in [-0.05, 0) is 80.7 Å². The van der Waals surface area contributed by atoms with Crippen molar-refractivity contribution in [2.24, 2.45) is 5.73 Å². The first-order chi connectivity index (χ1) is 19.6. The van der Waals surface area contributed by atoms with Gasteiger partial charge >= 0.3 is 12.1 Å². The summed E-state index contributed by atoms with van der Waals surface area (Å²) >= 11 is 0. The Morgan fingerprint density at radius 3 is 2.26 bits per heavy atom. The van der Waals surface area contributed by atoms with Crippen molar-refractivity contribution in [3.8, 4) is 16.9 Å². The predicted molar refractivity (Wildman–Crippen MR) is 153 cm³/mol. The van der Waals surface area contributed by atoms with E-state index in [-0.39, 0.29) is 11.7 Å². The number of alkyl halides is 3. The first-order valence-corrected chi connectivity index (χ1v) is 14.7. The number of aliphatic carboxylic acids is 1. The molecule has 1 amide bonds. The van der Waals surface area contributed by atoms with Gasteiger partial charge in [-0.25, -0.2) is 17.5 Å². The van der Waals surface area contributed by atoms with Gasteiger partial charge in [-0.2, -0.15) is 13.2 Å². The fourth-order valence-corrected chi connectivity index (χ4v) is 6.13. The van der Waals surface area contributed by atoms with Crippen LogP contribution in [0.25, 0.3) is 22.0 Å². The van der Waals surface area contributed by atoms with Crippen LogP contribution in [0.4, 0.5) is 13.2 Å². The number of benzene rings is 2. The number of carbonyl (C=O) groups excluding carboxylic acids is 1. The smallest absolute Gasteiger partial charge is 0.490 e. The van der Waals surface area contributed by atoms with Crippen LogP contribution >= 0.6 is 0 Å². The van der Waals surface area contributed by atoms with Crippen molar-refractivity contribution in [3.05, 3.63) is 53.2 Å². The molecular weight excluding hydrogens is 577 g/mol. The molecular formula is C28H35F3N4O6S. The van der Waals surface area contributed by atoms with E-state index in [2.05, 4.69) is 22.0 Å². The number of carboxylic acid groups (broad SMARTS) is 1. The van der Waals surface area contributed by atoms with Gasteiger partial charge in [0.05, 0.1) is 23.9 Å². The highest BCUT2D eigenvalue weighted by Crippen LogP contribution is 2.38. The molecule has 0 spiro atoms. The number of H-pyrrole nitrogens is 1. The van der Waals surface area contributed by atoms with Crippen LogP contribution in [0.1, 0.15) is 47.2 Å². The van der Waals surface area contributed by atoms with Gasteiger partial charge in [0.1, 0.15) is 5.75 Å². The number of piperidine rings is 1. The van der Waals surface area contributed by atoms with Crippen LogP contribution in [-0.4, -0.2) is 85.8 Å². The normalized spacial score (nSPS) is 15.0. The van der Waals surface area contributed by atoms with Crippen LogP contribution < -0.4 is 10.5 Å². The third-order valence-electron chi connectivity index (χ3n) is 7.08. The Hall–Kier alpha value is -3.62. The Kier molecular flexibility index (Phi) is 10.3. The second-order valence-corrected chi connectivity index (χ2v) is 12.5. The molecule has 0 bridgehead atoms. The van der Waals surface area contributed by atoms with Gasteiger partial charge in [-0.1, -0.05) is 6.07 Å². The average Bonchev–Trinajstić information content (AvgIpc) is 3.36. The number of ether oxygens (including phenoxy) is 1. The second kappa shape index (κ2) is 13.1. The molecule has 14 heteroatoms. The van der Waals surface area contributed by atoms with E-state index in [0.29, 0.717) is 18.7 Å². The maximum absolute atomic E-state index is 12.4. The first-order valence-electron chi connectivity index (χ1n) is 13.1. The summed E-state index contributed by atoms with van der Waals surface area (Å²) in [5, 5.41) is 8.08. The van der Waals surface area contributed by atoms with Crippen LogP contribution in [0.5, 0.6) is 5.75 Å². The maximum Gasteiger partial charge on any atom is 0.490 e. The van der Waals surface area contributed by atoms with Gasteiger partial charge in [0, 0.05) is 36.8 Å². The number of nitrogens with zero attached hydrogens (tertiary/aromatic N) is 2.